The Morgan fingerprint density at radius 1 is 1.16 bits per heavy atom. The Bertz CT molecular complexity index is 1570. The molecule has 4 heterocycles. The minimum atomic E-state index is -2.96. The molecule has 0 radical (unpaired) electrons. The molecule has 4 aromatic rings. The van der Waals surface area contributed by atoms with Crippen molar-refractivity contribution in [2.45, 2.75) is 57.1 Å². The van der Waals surface area contributed by atoms with Crippen molar-refractivity contribution in [3.8, 4) is 11.3 Å². The number of alkyl halides is 2. The highest BCUT2D eigenvalue weighted by atomic mass is 35.5. The van der Waals surface area contributed by atoms with E-state index in [1.165, 1.54) is 29.7 Å². The average Bonchev–Trinajstić information content (AvgIpc) is 3.62. The van der Waals surface area contributed by atoms with Crippen LogP contribution in [-0.2, 0) is 4.74 Å². The molecule has 2 atom stereocenters. The third-order valence-electron chi connectivity index (χ3n) is 7.10. The molecule has 1 aliphatic heterocycles. The molecule has 0 amide bonds. The summed E-state index contributed by atoms with van der Waals surface area (Å²) in [5.41, 5.74) is -0.0488. The molecule has 0 spiro atoms. The van der Waals surface area contributed by atoms with Gasteiger partial charge in [-0.3, -0.25) is 13.9 Å². The predicted octanol–water partition coefficient (Wildman–Crippen LogP) is 5.96. The van der Waals surface area contributed by atoms with Gasteiger partial charge in [-0.2, -0.15) is 5.10 Å². The van der Waals surface area contributed by atoms with E-state index in [0.717, 1.165) is 24.5 Å². The first-order valence-corrected chi connectivity index (χ1v) is 12.5. The van der Waals surface area contributed by atoms with Gasteiger partial charge in [0.05, 0.1) is 24.0 Å². The van der Waals surface area contributed by atoms with Gasteiger partial charge in [-0.1, -0.05) is 11.6 Å². The number of hydrogen-bond acceptors (Lipinski definition) is 5. The molecule has 37 heavy (non-hydrogen) atoms. The zero-order valence-electron chi connectivity index (χ0n) is 19.9. The lowest BCUT2D eigenvalue weighted by Gasteiger charge is -2.29. The zero-order valence-corrected chi connectivity index (χ0v) is 20.6. The molecular weight excluding hydrogens is 507 g/mol. The monoisotopic (exact) mass is 529 g/mol. The molecule has 1 aliphatic carbocycles. The second-order valence-electron chi connectivity index (χ2n) is 9.63. The highest BCUT2D eigenvalue weighted by molar-refractivity contribution is 6.30. The molecule has 2 aliphatic rings. The van der Waals surface area contributed by atoms with Crippen molar-refractivity contribution in [2.24, 2.45) is 0 Å². The van der Waals surface area contributed by atoms with Crippen LogP contribution in [0.2, 0.25) is 5.02 Å². The van der Waals surface area contributed by atoms with Crippen molar-refractivity contribution in [1.82, 2.24) is 24.1 Å². The quantitative estimate of drug-likeness (QED) is 0.319. The van der Waals surface area contributed by atoms with Gasteiger partial charge in [0, 0.05) is 46.6 Å². The number of rotatable bonds is 5. The molecule has 192 valence electrons. The van der Waals surface area contributed by atoms with Crippen LogP contribution in [0.3, 0.4) is 0 Å². The lowest BCUT2D eigenvalue weighted by molar-refractivity contribution is 0.00454. The van der Waals surface area contributed by atoms with Crippen LogP contribution in [0.4, 0.5) is 13.2 Å². The summed E-state index contributed by atoms with van der Waals surface area (Å²) in [7, 11) is 0. The summed E-state index contributed by atoms with van der Waals surface area (Å²) in [6.45, 7) is 1.78. The number of benzene rings is 1. The van der Waals surface area contributed by atoms with E-state index in [4.69, 9.17) is 21.3 Å². The first kappa shape index (κ1) is 24.1. The topological polar surface area (TPSA) is 74.3 Å². The van der Waals surface area contributed by atoms with E-state index >= 15 is 4.39 Å². The van der Waals surface area contributed by atoms with E-state index in [-0.39, 0.29) is 39.5 Å². The molecular formula is C26H23ClF3N5O2. The van der Waals surface area contributed by atoms with Crippen LogP contribution in [0.1, 0.15) is 72.7 Å². The molecule has 3 aromatic heterocycles. The van der Waals surface area contributed by atoms with Gasteiger partial charge in [0.2, 0.25) is 0 Å². The van der Waals surface area contributed by atoms with Crippen LogP contribution in [0.25, 0.3) is 16.9 Å². The fourth-order valence-electron chi connectivity index (χ4n) is 4.89. The summed E-state index contributed by atoms with van der Waals surface area (Å²) in [4.78, 5) is 21.9. The Labute approximate surface area is 214 Å². The molecule has 1 saturated heterocycles. The number of fused-ring (bicyclic) bond motifs is 1. The summed E-state index contributed by atoms with van der Waals surface area (Å²) < 4.78 is 51.6. The van der Waals surface area contributed by atoms with Gasteiger partial charge in [-0.05, 0) is 50.8 Å². The molecule has 0 bridgehead atoms. The number of halogens is 4. The lowest BCUT2D eigenvalue weighted by atomic mass is 9.90. The maximum Gasteiger partial charge on any atom is 0.280 e. The Hall–Kier alpha value is -3.24. The van der Waals surface area contributed by atoms with Crippen molar-refractivity contribution >= 4 is 17.2 Å². The summed E-state index contributed by atoms with van der Waals surface area (Å²) in [6, 6.07) is 4.46. The third-order valence-corrected chi connectivity index (χ3v) is 7.34. The number of nitrogens with zero attached hydrogens (tertiary/aromatic N) is 5. The van der Waals surface area contributed by atoms with Crippen LogP contribution in [0.15, 0.2) is 41.6 Å². The highest BCUT2D eigenvalue weighted by Crippen LogP contribution is 2.40. The van der Waals surface area contributed by atoms with Crippen LogP contribution >= 0.6 is 11.6 Å². The molecule has 0 N–H and O–H groups in total. The van der Waals surface area contributed by atoms with Crippen molar-refractivity contribution in [1.29, 1.82) is 0 Å². The minimum Gasteiger partial charge on any atom is -0.373 e. The van der Waals surface area contributed by atoms with Crippen LogP contribution in [0, 0.1) is 12.7 Å². The van der Waals surface area contributed by atoms with Crippen LogP contribution < -0.4 is 5.56 Å². The Morgan fingerprint density at radius 2 is 1.97 bits per heavy atom. The van der Waals surface area contributed by atoms with Crippen LogP contribution in [0.5, 0.6) is 0 Å². The molecule has 0 unspecified atom stereocenters. The summed E-state index contributed by atoms with van der Waals surface area (Å²) in [5.74, 6) is -0.812. The highest BCUT2D eigenvalue weighted by Gasteiger charge is 2.31. The summed E-state index contributed by atoms with van der Waals surface area (Å²) in [6.07, 6.45) is 5.63. The number of aromatic nitrogens is 5. The molecule has 1 saturated carbocycles. The SMILES string of the molecule is Cc1c(C(F)F)nc2c(-c3ccc(Cl)cc3F)nc([C@@H]3CCO[C@H](c4cnn(C5CC5)c4)C3)cn2c1=O. The van der Waals surface area contributed by atoms with Crippen molar-refractivity contribution in [3.63, 3.8) is 0 Å². The van der Waals surface area contributed by atoms with E-state index in [1.807, 2.05) is 17.1 Å². The van der Waals surface area contributed by atoms with E-state index in [2.05, 4.69) is 10.1 Å². The standard InChI is InChI=1S/C26H23ClF3N5O2/c1-13-22(24(29)30)33-25-23(18-5-2-16(27)9-19(18)28)32-20(12-34(25)26(13)36)14-6-7-37-21(8-14)15-10-31-35(11-15)17-3-4-17/h2,5,9-12,14,17,21,24H,3-4,6-8H2,1H3/t14-,21+/m1/s1. The first-order chi connectivity index (χ1) is 17.8. The molecule has 6 rings (SSSR count). The van der Waals surface area contributed by atoms with E-state index in [1.54, 1.807) is 0 Å². The average molecular weight is 530 g/mol. The largest absolute Gasteiger partial charge is 0.373 e. The van der Waals surface area contributed by atoms with Gasteiger partial charge in [-0.15, -0.1) is 0 Å². The predicted molar refractivity (Wildman–Crippen MR) is 131 cm³/mol. The number of ether oxygens (including phenoxy) is 1. The number of hydrogen-bond donors (Lipinski definition) is 0. The van der Waals surface area contributed by atoms with Gasteiger partial charge < -0.3 is 4.74 Å². The fraction of sp³-hybridized carbons (Fsp3) is 0.385. The maximum absolute atomic E-state index is 15.0. The fourth-order valence-corrected chi connectivity index (χ4v) is 5.05. The Morgan fingerprint density at radius 3 is 2.70 bits per heavy atom. The maximum atomic E-state index is 15.0. The molecule has 1 aromatic carbocycles. The van der Waals surface area contributed by atoms with E-state index < -0.39 is 23.5 Å². The minimum absolute atomic E-state index is 0.00950. The van der Waals surface area contributed by atoms with Gasteiger partial charge in [-0.25, -0.2) is 23.1 Å². The second-order valence-corrected chi connectivity index (χ2v) is 10.1. The Kier molecular flexibility index (Phi) is 6.03. The lowest BCUT2D eigenvalue weighted by Crippen LogP contribution is -2.24. The van der Waals surface area contributed by atoms with Crippen LogP contribution in [-0.4, -0.2) is 30.8 Å². The Balaban J connectivity index is 1.47. The summed E-state index contributed by atoms with van der Waals surface area (Å²) in [5, 5.41) is 4.64. The van der Waals surface area contributed by atoms with Crippen molar-refractivity contribution in [3.05, 3.63) is 80.5 Å². The van der Waals surface area contributed by atoms with E-state index in [9.17, 15) is 13.6 Å². The smallest absolute Gasteiger partial charge is 0.280 e. The first-order valence-electron chi connectivity index (χ1n) is 12.1. The van der Waals surface area contributed by atoms with Gasteiger partial charge in [0.1, 0.15) is 17.2 Å². The second kappa shape index (κ2) is 9.25. The summed E-state index contributed by atoms with van der Waals surface area (Å²) >= 11 is 5.94. The van der Waals surface area contributed by atoms with Crippen molar-refractivity contribution < 1.29 is 17.9 Å². The normalized spacial score (nSPS) is 20.2. The van der Waals surface area contributed by atoms with Gasteiger partial charge in [0.25, 0.3) is 12.0 Å². The van der Waals surface area contributed by atoms with Gasteiger partial charge >= 0.3 is 0 Å². The van der Waals surface area contributed by atoms with E-state index in [0.29, 0.717) is 31.2 Å². The molecule has 2 fully saturated rings. The molecule has 11 heteroatoms. The molecule has 7 nitrogen and oxygen atoms in total. The van der Waals surface area contributed by atoms with Crippen molar-refractivity contribution in [2.75, 3.05) is 6.61 Å². The van der Waals surface area contributed by atoms with Gasteiger partial charge in [0.15, 0.2) is 5.65 Å². The zero-order chi connectivity index (χ0) is 25.8. The third kappa shape index (κ3) is 4.42.